The Morgan fingerprint density at radius 1 is 0.944 bits per heavy atom. The molecule has 0 fully saturated rings. The van der Waals surface area contributed by atoms with Crippen LogP contribution < -0.4 is 5.32 Å². The maximum atomic E-state index is 3.56. The van der Waals surface area contributed by atoms with Crippen molar-refractivity contribution >= 4 is 22.6 Å². The summed E-state index contributed by atoms with van der Waals surface area (Å²) in [5, 5.41) is 3.56. The molecular weight excluding hydrogens is 333 g/mol. The van der Waals surface area contributed by atoms with E-state index in [1.165, 1.54) is 15.6 Å². The number of benzene rings is 1. The van der Waals surface area contributed by atoms with Crippen LogP contribution in [0.4, 0.5) is 0 Å². The molecule has 0 saturated carbocycles. The van der Waals surface area contributed by atoms with Crippen LogP contribution >= 0.6 is 22.6 Å². The van der Waals surface area contributed by atoms with Gasteiger partial charge in [-0.05, 0) is 77.6 Å². The zero-order valence-electron chi connectivity index (χ0n) is 12.0. The SMILES string of the molecule is CC(C)CNCC(C)C(C)Cc1ccc(I)cc1. The third kappa shape index (κ3) is 6.19. The van der Waals surface area contributed by atoms with Gasteiger partial charge in [-0.1, -0.05) is 39.8 Å². The van der Waals surface area contributed by atoms with E-state index in [9.17, 15) is 0 Å². The summed E-state index contributed by atoms with van der Waals surface area (Å²) in [5.74, 6) is 2.19. The van der Waals surface area contributed by atoms with Gasteiger partial charge < -0.3 is 5.32 Å². The summed E-state index contributed by atoms with van der Waals surface area (Å²) in [5.41, 5.74) is 1.46. The molecule has 0 aliphatic heterocycles. The van der Waals surface area contributed by atoms with Gasteiger partial charge >= 0.3 is 0 Å². The third-order valence-electron chi connectivity index (χ3n) is 3.46. The Labute approximate surface area is 126 Å². The molecule has 102 valence electrons. The lowest BCUT2D eigenvalue weighted by Gasteiger charge is -2.21. The van der Waals surface area contributed by atoms with Gasteiger partial charge in [-0.3, -0.25) is 0 Å². The van der Waals surface area contributed by atoms with Crippen LogP contribution in [-0.4, -0.2) is 13.1 Å². The van der Waals surface area contributed by atoms with Crippen molar-refractivity contribution in [3.63, 3.8) is 0 Å². The van der Waals surface area contributed by atoms with Crippen molar-refractivity contribution < 1.29 is 0 Å². The molecule has 1 aromatic rings. The van der Waals surface area contributed by atoms with Gasteiger partial charge in [-0.25, -0.2) is 0 Å². The standard InChI is InChI=1S/C16H26IN/c1-12(2)10-18-11-14(4)13(3)9-15-5-7-16(17)8-6-15/h5-8,12-14,18H,9-11H2,1-4H3. The van der Waals surface area contributed by atoms with Crippen molar-refractivity contribution in [1.29, 1.82) is 0 Å². The minimum atomic E-state index is 0.725. The normalized spacial score (nSPS) is 14.8. The Morgan fingerprint density at radius 3 is 2.11 bits per heavy atom. The first kappa shape index (κ1) is 16.0. The summed E-state index contributed by atoms with van der Waals surface area (Å²) in [6.07, 6.45) is 1.18. The number of halogens is 1. The highest BCUT2D eigenvalue weighted by molar-refractivity contribution is 14.1. The minimum absolute atomic E-state index is 0.725. The smallest absolute Gasteiger partial charge is 0.0130 e. The third-order valence-corrected chi connectivity index (χ3v) is 4.18. The fraction of sp³-hybridized carbons (Fsp3) is 0.625. The Morgan fingerprint density at radius 2 is 1.56 bits per heavy atom. The highest BCUT2D eigenvalue weighted by Crippen LogP contribution is 2.17. The zero-order chi connectivity index (χ0) is 13.5. The molecule has 0 amide bonds. The molecular formula is C16H26IN. The van der Waals surface area contributed by atoms with E-state index in [1.807, 2.05) is 0 Å². The van der Waals surface area contributed by atoms with Gasteiger partial charge in [0, 0.05) is 3.57 Å². The van der Waals surface area contributed by atoms with Crippen LogP contribution in [0.15, 0.2) is 24.3 Å². The molecule has 2 heteroatoms. The van der Waals surface area contributed by atoms with E-state index in [-0.39, 0.29) is 0 Å². The molecule has 0 bridgehead atoms. The second-order valence-corrected chi connectivity index (χ2v) is 7.08. The maximum absolute atomic E-state index is 3.56. The van der Waals surface area contributed by atoms with Crippen molar-refractivity contribution in [2.24, 2.45) is 17.8 Å². The fourth-order valence-corrected chi connectivity index (χ4v) is 2.35. The van der Waals surface area contributed by atoms with Crippen molar-refractivity contribution in [2.75, 3.05) is 13.1 Å². The van der Waals surface area contributed by atoms with Gasteiger partial charge in [0.1, 0.15) is 0 Å². The molecule has 0 saturated heterocycles. The number of hydrogen-bond acceptors (Lipinski definition) is 1. The van der Waals surface area contributed by atoms with Gasteiger partial charge in [0.2, 0.25) is 0 Å². The van der Waals surface area contributed by atoms with E-state index < -0.39 is 0 Å². The van der Waals surface area contributed by atoms with Crippen molar-refractivity contribution in [3.8, 4) is 0 Å². The van der Waals surface area contributed by atoms with Crippen molar-refractivity contribution in [2.45, 2.75) is 34.1 Å². The van der Waals surface area contributed by atoms with Crippen molar-refractivity contribution in [3.05, 3.63) is 33.4 Å². The predicted molar refractivity (Wildman–Crippen MR) is 88.9 cm³/mol. The lowest BCUT2D eigenvalue weighted by Crippen LogP contribution is -2.28. The van der Waals surface area contributed by atoms with Crippen LogP contribution in [0.3, 0.4) is 0 Å². The van der Waals surface area contributed by atoms with Crippen LogP contribution in [0, 0.1) is 21.3 Å². The average molecular weight is 359 g/mol. The Balaban J connectivity index is 2.35. The molecule has 0 heterocycles. The van der Waals surface area contributed by atoms with Crippen LogP contribution in [0.1, 0.15) is 33.3 Å². The van der Waals surface area contributed by atoms with Gasteiger partial charge in [-0.2, -0.15) is 0 Å². The minimum Gasteiger partial charge on any atom is -0.316 e. The summed E-state index contributed by atoms with van der Waals surface area (Å²) in [7, 11) is 0. The molecule has 0 aliphatic rings. The molecule has 0 aromatic heterocycles. The Kier molecular flexibility index (Phi) is 7.23. The predicted octanol–water partition coefficient (Wildman–Crippen LogP) is 4.35. The quantitative estimate of drug-likeness (QED) is 0.714. The van der Waals surface area contributed by atoms with Crippen molar-refractivity contribution in [1.82, 2.24) is 5.32 Å². The molecule has 1 N–H and O–H groups in total. The van der Waals surface area contributed by atoms with E-state index in [0.29, 0.717) is 0 Å². The van der Waals surface area contributed by atoms with Crippen LogP contribution in [0.5, 0.6) is 0 Å². The number of rotatable bonds is 7. The molecule has 0 spiro atoms. The van der Waals surface area contributed by atoms with E-state index in [1.54, 1.807) is 0 Å². The first-order chi connectivity index (χ1) is 8.49. The van der Waals surface area contributed by atoms with Gasteiger partial charge in [-0.15, -0.1) is 0 Å². The maximum Gasteiger partial charge on any atom is 0.0130 e. The highest BCUT2D eigenvalue weighted by atomic mass is 127. The van der Waals surface area contributed by atoms with Gasteiger partial charge in [0.25, 0.3) is 0 Å². The van der Waals surface area contributed by atoms with Crippen LogP contribution in [0.25, 0.3) is 0 Å². The van der Waals surface area contributed by atoms with E-state index in [2.05, 4.69) is 79.9 Å². The first-order valence-corrected chi connectivity index (χ1v) is 8.02. The summed E-state index contributed by atoms with van der Waals surface area (Å²) in [4.78, 5) is 0. The first-order valence-electron chi connectivity index (χ1n) is 6.94. The largest absolute Gasteiger partial charge is 0.316 e. The van der Waals surface area contributed by atoms with Gasteiger partial charge in [0.05, 0.1) is 0 Å². The van der Waals surface area contributed by atoms with E-state index >= 15 is 0 Å². The molecule has 1 rings (SSSR count). The molecule has 2 unspecified atom stereocenters. The van der Waals surface area contributed by atoms with E-state index in [4.69, 9.17) is 0 Å². The summed E-state index contributed by atoms with van der Waals surface area (Å²) >= 11 is 2.36. The zero-order valence-corrected chi connectivity index (χ0v) is 14.2. The van der Waals surface area contributed by atoms with E-state index in [0.717, 1.165) is 30.8 Å². The highest BCUT2D eigenvalue weighted by Gasteiger charge is 2.12. The second kappa shape index (κ2) is 8.16. The molecule has 1 aromatic carbocycles. The average Bonchev–Trinajstić information content (AvgIpc) is 2.31. The molecule has 18 heavy (non-hydrogen) atoms. The molecule has 0 aliphatic carbocycles. The van der Waals surface area contributed by atoms with Crippen LogP contribution in [0.2, 0.25) is 0 Å². The fourth-order valence-electron chi connectivity index (χ4n) is 1.99. The van der Waals surface area contributed by atoms with Crippen LogP contribution in [-0.2, 0) is 6.42 Å². The Hall–Kier alpha value is -0.0900. The molecule has 2 atom stereocenters. The Bertz CT molecular complexity index is 331. The summed E-state index contributed by atoms with van der Waals surface area (Å²) in [6.45, 7) is 11.5. The topological polar surface area (TPSA) is 12.0 Å². The summed E-state index contributed by atoms with van der Waals surface area (Å²) in [6, 6.07) is 8.91. The molecule has 1 nitrogen and oxygen atoms in total. The monoisotopic (exact) mass is 359 g/mol. The molecule has 0 radical (unpaired) electrons. The number of hydrogen-bond donors (Lipinski definition) is 1. The van der Waals surface area contributed by atoms with Gasteiger partial charge in [0.15, 0.2) is 0 Å². The summed E-state index contributed by atoms with van der Waals surface area (Å²) < 4.78 is 1.32. The lowest BCUT2D eigenvalue weighted by atomic mass is 9.89. The number of nitrogens with one attached hydrogen (secondary N) is 1. The second-order valence-electron chi connectivity index (χ2n) is 5.84. The lowest BCUT2D eigenvalue weighted by molar-refractivity contribution is 0.357.